The van der Waals surface area contributed by atoms with Gasteiger partial charge in [0.2, 0.25) is 0 Å². The molecule has 29 heavy (non-hydrogen) atoms. The number of para-hydroxylation sites is 3. The third kappa shape index (κ3) is 3.77. The molecule has 0 radical (unpaired) electrons. The number of piperidine rings is 1. The Bertz CT molecular complexity index is 859. The molecular formula is C23H27N3O3. The molecule has 2 aromatic rings. The average molecular weight is 393 g/mol. The van der Waals surface area contributed by atoms with Crippen LogP contribution < -0.4 is 14.4 Å². The first kappa shape index (κ1) is 18.3. The standard InChI is InChI=1S/C23H27N3O3/c27-23-25(18-7-2-1-3-8-18)13-14-26(23)19-9-6-12-24(15-19)16-20-17-28-21-10-4-5-11-22(21)29-20/h1-5,7-8,10-11,19-20H,6,9,12-17H2. The van der Waals surface area contributed by atoms with Gasteiger partial charge in [0.05, 0.1) is 0 Å². The van der Waals surface area contributed by atoms with Crippen molar-refractivity contribution in [1.29, 1.82) is 0 Å². The largest absolute Gasteiger partial charge is 0.486 e. The SMILES string of the molecule is O=C1N(c2ccccc2)CCN1C1CCCN(CC2COc3ccccc3O2)C1. The summed E-state index contributed by atoms with van der Waals surface area (Å²) in [5.41, 5.74) is 0.985. The van der Waals surface area contributed by atoms with E-state index in [2.05, 4.69) is 9.80 Å². The van der Waals surface area contributed by atoms with E-state index in [0.29, 0.717) is 6.61 Å². The zero-order valence-corrected chi connectivity index (χ0v) is 16.6. The number of amides is 2. The highest BCUT2D eigenvalue weighted by atomic mass is 16.6. The monoisotopic (exact) mass is 393 g/mol. The van der Waals surface area contributed by atoms with Crippen LogP contribution in [0.3, 0.4) is 0 Å². The number of fused-ring (bicyclic) bond motifs is 1. The quantitative estimate of drug-likeness (QED) is 0.800. The van der Waals surface area contributed by atoms with E-state index in [1.165, 1.54) is 0 Å². The number of anilines is 1. The molecule has 6 heteroatoms. The third-order valence-corrected chi connectivity index (χ3v) is 6.06. The minimum atomic E-state index is 0.0266. The summed E-state index contributed by atoms with van der Waals surface area (Å²) in [5, 5.41) is 0. The molecule has 2 aromatic carbocycles. The highest BCUT2D eigenvalue weighted by molar-refractivity contribution is 5.94. The lowest BCUT2D eigenvalue weighted by Gasteiger charge is -2.39. The maximum Gasteiger partial charge on any atom is 0.324 e. The van der Waals surface area contributed by atoms with E-state index in [4.69, 9.17) is 9.47 Å². The summed E-state index contributed by atoms with van der Waals surface area (Å²) in [6.07, 6.45) is 2.19. The Morgan fingerprint density at radius 2 is 1.72 bits per heavy atom. The van der Waals surface area contributed by atoms with Gasteiger partial charge in [-0.3, -0.25) is 9.80 Å². The van der Waals surface area contributed by atoms with Crippen molar-refractivity contribution in [2.75, 3.05) is 44.2 Å². The predicted octanol–water partition coefficient (Wildman–Crippen LogP) is 3.23. The van der Waals surface area contributed by atoms with Crippen molar-refractivity contribution in [2.45, 2.75) is 25.0 Å². The summed E-state index contributed by atoms with van der Waals surface area (Å²) in [6, 6.07) is 18.2. The first-order valence-electron chi connectivity index (χ1n) is 10.5. The van der Waals surface area contributed by atoms with Crippen LogP contribution in [0.15, 0.2) is 54.6 Å². The van der Waals surface area contributed by atoms with Crippen molar-refractivity contribution in [3.8, 4) is 11.5 Å². The Labute approximate surface area is 171 Å². The molecular weight excluding hydrogens is 366 g/mol. The van der Waals surface area contributed by atoms with E-state index in [1.54, 1.807) is 0 Å². The van der Waals surface area contributed by atoms with Crippen LogP contribution in [0.4, 0.5) is 10.5 Å². The average Bonchev–Trinajstić information content (AvgIpc) is 3.16. The second-order valence-corrected chi connectivity index (χ2v) is 8.02. The molecule has 0 spiro atoms. The lowest BCUT2D eigenvalue weighted by atomic mass is 10.0. The summed E-state index contributed by atoms with van der Waals surface area (Å²) in [7, 11) is 0. The Kier molecular flexibility index (Phi) is 5.02. The lowest BCUT2D eigenvalue weighted by molar-refractivity contribution is 0.0405. The number of carbonyl (C=O) groups excluding carboxylic acids is 1. The smallest absolute Gasteiger partial charge is 0.324 e. The van der Waals surface area contributed by atoms with Gasteiger partial charge in [-0.05, 0) is 43.7 Å². The van der Waals surface area contributed by atoms with E-state index in [-0.39, 0.29) is 18.2 Å². The second-order valence-electron chi connectivity index (χ2n) is 8.02. The van der Waals surface area contributed by atoms with Crippen LogP contribution in [-0.2, 0) is 0 Å². The van der Waals surface area contributed by atoms with Crippen LogP contribution >= 0.6 is 0 Å². The molecule has 152 valence electrons. The molecule has 3 heterocycles. The summed E-state index contributed by atoms with van der Waals surface area (Å²) in [4.78, 5) is 19.4. The van der Waals surface area contributed by atoms with Crippen LogP contribution in [-0.4, -0.2) is 67.3 Å². The summed E-state index contributed by atoms with van der Waals surface area (Å²) < 4.78 is 12.0. The van der Waals surface area contributed by atoms with Crippen molar-refractivity contribution in [2.24, 2.45) is 0 Å². The second kappa shape index (κ2) is 7.95. The lowest BCUT2D eigenvalue weighted by Crippen LogP contribution is -2.52. The zero-order valence-electron chi connectivity index (χ0n) is 16.6. The van der Waals surface area contributed by atoms with Gasteiger partial charge in [-0.1, -0.05) is 30.3 Å². The number of urea groups is 1. The number of carbonyl (C=O) groups is 1. The third-order valence-electron chi connectivity index (χ3n) is 6.06. The van der Waals surface area contributed by atoms with Crippen molar-refractivity contribution >= 4 is 11.7 Å². The molecule has 0 bridgehead atoms. The number of hydrogen-bond acceptors (Lipinski definition) is 4. The highest BCUT2D eigenvalue weighted by Gasteiger charge is 2.37. The van der Waals surface area contributed by atoms with E-state index >= 15 is 0 Å². The van der Waals surface area contributed by atoms with Gasteiger partial charge in [0, 0.05) is 37.9 Å². The fourth-order valence-electron chi connectivity index (χ4n) is 4.63. The first-order valence-corrected chi connectivity index (χ1v) is 10.5. The topological polar surface area (TPSA) is 45.3 Å². The molecule has 0 aromatic heterocycles. The van der Waals surface area contributed by atoms with Gasteiger partial charge >= 0.3 is 6.03 Å². The summed E-state index contributed by atoms with van der Waals surface area (Å²) in [5.74, 6) is 1.65. The number of likely N-dealkylation sites (tertiary alicyclic amines) is 1. The number of rotatable bonds is 4. The molecule has 5 rings (SSSR count). The molecule has 2 saturated heterocycles. The molecule has 0 aliphatic carbocycles. The number of hydrogen-bond donors (Lipinski definition) is 0. The molecule has 3 aliphatic heterocycles. The van der Waals surface area contributed by atoms with E-state index in [9.17, 15) is 4.79 Å². The van der Waals surface area contributed by atoms with Gasteiger partial charge < -0.3 is 14.4 Å². The maximum atomic E-state index is 13.0. The molecule has 0 saturated carbocycles. The van der Waals surface area contributed by atoms with Crippen molar-refractivity contribution < 1.29 is 14.3 Å². The van der Waals surface area contributed by atoms with Crippen molar-refractivity contribution in [3.05, 3.63) is 54.6 Å². The van der Waals surface area contributed by atoms with Crippen LogP contribution in [0.5, 0.6) is 11.5 Å². The Hall–Kier alpha value is -2.73. The molecule has 2 amide bonds. The zero-order chi connectivity index (χ0) is 19.6. The number of benzene rings is 2. The van der Waals surface area contributed by atoms with Crippen molar-refractivity contribution in [3.63, 3.8) is 0 Å². The fourth-order valence-corrected chi connectivity index (χ4v) is 4.63. The van der Waals surface area contributed by atoms with Gasteiger partial charge in [0.25, 0.3) is 0 Å². The minimum Gasteiger partial charge on any atom is -0.486 e. The minimum absolute atomic E-state index is 0.0266. The maximum absolute atomic E-state index is 13.0. The van der Waals surface area contributed by atoms with E-state index in [0.717, 1.165) is 62.8 Å². The van der Waals surface area contributed by atoms with E-state index < -0.39 is 0 Å². The van der Waals surface area contributed by atoms with Gasteiger partial charge in [-0.15, -0.1) is 0 Å². The van der Waals surface area contributed by atoms with Crippen LogP contribution in [0.25, 0.3) is 0 Å². The highest BCUT2D eigenvalue weighted by Crippen LogP contribution is 2.31. The first-order chi connectivity index (χ1) is 14.3. The Morgan fingerprint density at radius 1 is 0.931 bits per heavy atom. The van der Waals surface area contributed by atoms with Crippen molar-refractivity contribution in [1.82, 2.24) is 9.80 Å². The van der Waals surface area contributed by atoms with Gasteiger partial charge in [-0.25, -0.2) is 4.79 Å². The molecule has 2 atom stereocenters. The van der Waals surface area contributed by atoms with E-state index in [1.807, 2.05) is 59.5 Å². The number of nitrogens with zero attached hydrogens (tertiary/aromatic N) is 3. The predicted molar refractivity (Wildman–Crippen MR) is 112 cm³/mol. The van der Waals surface area contributed by atoms with Crippen LogP contribution in [0.1, 0.15) is 12.8 Å². The van der Waals surface area contributed by atoms with Crippen LogP contribution in [0, 0.1) is 0 Å². The molecule has 6 nitrogen and oxygen atoms in total. The number of ether oxygens (including phenoxy) is 2. The summed E-state index contributed by atoms with van der Waals surface area (Å²) in [6.45, 7) is 4.90. The molecule has 3 aliphatic rings. The normalized spacial score (nSPS) is 24.8. The molecule has 0 N–H and O–H groups in total. The van der Waals surface area contributed by atoms with Gasteiger partial charge in [0.1, 0.15) is 12.7 Å². The summed E-state index contributed by atoms with van der Waals surface area (Å²) >= 11 is 0. The Balaban J connectivity index is 1.20. The molecule has 2 unspecified atom stereocenters. The van der Waals surface area contributed by atoms with Crippen LogP contribution in [0.2, 0.25) is 0 Å². The van der Waals surface area contributed by atoms with Gasteiger partial charge in [0.15, 0.2) is 11.5 Å². The Morgan fingerprint density at radius 3 is 2.59 bits per heavy atom. The molecule has 2 fully saturated rings. The van der Waals surface area contributed by atoms with Gasteiger partial charge in [-0.2, -0.15) is 0 Å². The fraction of sp³-hybridized carbons (Fsp3) is 0.435.